The van der Waals surface area contributed by atoms with E-state index in [4.69, 9.17) is 155 Å². The van der Waals surface area contributed by atoms with E-state index in [0.29, 0.717) is 0 Å². The first kappa shape index (κ1) is 40.4. The Hall–Kier alpha value is 2.40. The Balaban J connectivity index is 8.12. The van der Waals surface area contributed by atoms with Crippen LogP contribution in [0.3, 0.4) is 0 Å². The molecule has 40 radical (unpaired) electrons. The van der Waals surface area contributed by atoms with Gasteiger partial charge in [-0.05, 0) is 0 Å². The molecule has 0 aliphatic rings. The average Bonchev–Trinajstić information content (AvgIpc) is 2.67. The normalized spacial score (nSPS) is 9.82. The van der Waals surface area contributed by atoms with Crippen LogP contribution >= 0.6 is 0 Å². The van der Waals surface area contributed by atoms with Gasteiger partial charge in [0, 0.05) is 264 Å². The Morgan fingerprint density at radius 1 is 0.211 bits per heavy atom. The molecule has 0 N–H and O–H groups in total. The minimum Gasteiger partial charge on any atom is -0.146 e. The lowest BCUT2D eigenvalue weighted by Crippen LogP contribution is -2.85. The molecule has 0 spiro atoms. The van der Waals surface area contributed by atoms with Crippen LogP contribution in [-0.4, -0.2) is 264 Å². The summed E-state index contributed by atoms with van der Waals surface area (Å²) in [4.78, 5) is 0. The Bertz CT molecular complexity index is 484. The van der Waals surface area contributed by atoms with Gasteiger partial charge in [-0.3, -0.25) is 0 Å². The van der Waals surface area contributed by atoms with Crippen molar-refractivity contribution in [1.82, 2.24) is 0 Å². The van der Waals surface area contributed by atoms with E-state index in [1.165, 1.54) is 0 Å². The highest BCUT2D eigenvalue weighted by Gasteiger charge is 2.55. The maximum absolute atomic E-state index is 6.24. The fraction of sp³-hybridized carbons (Fsp3) is 1.00. The Morgan fingerprint density at radius 3 is 0.474 bits per heavy atom. The summed E-state index contributed by atoms with van der Waals surface area (Å²) in [5, 5.41) is 0. The smallest absolute Gasteiger partial charge is 0.0294 e. The van der Waals surface area contributed by atoms with Gasteiger partial charge in [0.15, 0.2) is 0 Å². The minimum atomic E-state index is -1.20. The largest absolute Gasteiger partial charge is 0.146 e. The highest BCUT2D eigenvalue weighted by Crippen LogP contribution is 2.29. The van der Waals surface area contributed by atoms with E-state index in [1.807, 2.05) is 0 Å². The molecule has 0 heterocycles. The van der Waals surface area contributed by atoms with Crippen molar-refractivity contribution in [3.8, 4) is 0 Å². The lowest BCUT2D eigenvalue weighted by Gasteiger charge is -2.55. The fourth-order valence-electron chi connectivity index (χ4n) is 6.16. The summed E-state index contributed by atoms with van der Waals surface area (Å²) in [5.41, 5.74) is -1.04. The zero-order valence-corrected chi connectivity index (χ0v) is 21.9. The molecule has 0 rings (SSSR count). The van der Waals surface area contributed by atoms with Crippen LogP contribution in [0.5, 0.6) is 0 Å². The maximum atomic E-state index is 6.24. The SMILES string of the molecule is [B]B([B])B(B([B])[B])B(B(B([B])[B])B([B])[B])C(B(B([B])[B])B([B])[B])B(B(B([B])[B])B([B])[B])B(B([B])[B])B([B])[B]. The molecule has 0 atom stereocenters. The predicted molar refractivity (Wildman–Crippen MR) is 217 cm³/mol. The topological polar surface area (TPSA) is 0 Å². The van der Waals surface area contributed by atoms with Crippen LogP contribution in [-0.2, 0) is 0 Å². The summed E-state index contributed by atoms with van der Waals surface area (Å²) in [5.74, 6) is 0. The van der Waals surface area contributed by atoms with Gasteiger partial charge in [-0.1, -0.05) is 0 Å². The quantitative estimate of drug-likeness (QED) is 0.208. The van der Waals surface area contributed by atoms with Crippen molar-refractivity contribution in [2.45, 2.75) is 5.62 Å². The Morgan fingerprint density at radius 2 is 0.368 bits per heavy atom. The highest BCUT2D eigenvalue weighted by molar-refractivity contribution is 8.14. The summed E-state index contributed by atoms with van der Waals surface area (Å²) in [6, 6.07) is 0. The molecule has 0 unspecified atom stereocenters. The number of hydrogen-bond donors (Lipinski definition) is 0. The van der Waals surface area contributed by atoms with E-state index in [2.05, 4.69) is 0 Å². The van der Waals surface area contributed by atoms with E-state index in [-0.39, 0.29) is 0 Å². The zero-order valence-electron chi connectivity index (χ0n) is 21.9. The van der Waals surface area contributed by atoms with Gasteiger partial charge in [0.2, 0.25) is 0 Å². The highest BCUT2D eigenvalue weighted by atomic mass is 13.7. The van der Waals surface area contributed by atoms with Gasteiger partial charge in [0.25, 0.3) is 0 Å². The van der Waals surface area contributed by atoms with Crippen molar-refractivity contribution in [2.24, 2.45) is 0 Å². The Labute approximate surface area is 267 Å². The molecule has 116 valence electrons. The van der Waals surface area contributed by atoms with Crippen molar-refractivity contribution in [1.29, 1.82) is 0 Å². The van der Waals surface area contributed by atoms with Gasteiger partial charge in [0.05, 0.1) is 0 Å². The first-order chi connectivity index (χ1) is 17.2. The van der Waals surface area contributed by atoms with Crippen molar-refractivity contribution in [3.05, 3.63) is 0 Å². The van der Waals surface area contributed by atoms with E-state index >= 15 is 0 Å². The summed E-state index contributed by atoms with van der Waals surface area (Å²) < 4.78 is 0. The second kappa shape index (κ2) is 18.3. The van der Waals surface area contributed by atoms with E-state index < -0.39 is 114 Å². The van der Waals surface area contributed by atoms with Gasteiger partial charge >= 0.3 is 0 Å². The van der Waals surface area contributed by atoms with Crippen molar-refractivity contribution in [2.75, 3.05) is 0 Å². The van der Waals surface area contributed by atoms with Crippen LogP contribution in [0.1, 0.15) is 0 Å². The molecule has 0 fully saturated rings. The average molecular weight is 413 g/mol. The molecule has 0 aliphatic carbocycles. The van der Waals surface area contributed by atoms with Crippen molar-refractivity contribution in [3.63, 3.8) is 0 Å². The van der Waals surface area contributed by atoms with Crippen LogP contribution in [0.25, 0.3) is 0 Å². The monoisotopic (exact) mass is 420 g/mol. The minimum absolute atomic E-state index is 1.01. The number of rotatable bonds is 17. The Kier molecular flexibility index (Phi) is 19.4. The molecule has 0 aliphatic heterocycles. The first-order valence-corrected chi connectivity index (χ1v) is 12.3. The van der Waals surface area contributed by atoms with Gasteiger partial charge in [0.1, 0.15) is 0 Å². The summed E-state index contributed by atoms with van der Waals surface area (Å²) in [6.07, 6.45) is -15.9. The predicted octanol–water partition coefficient (Wildman–Crippen LogP) is -13.8. The summed E-state index contributed by atoms with van der Waals surface area (Å²) in [6.45, 7) is -3.08. The third-order valence-electron chi connectivity index (χ3n) is 7.56. The molecule has 0 aromatic rings. The molecule has 0 aromatic carbocycles. The molecule has 38 heavy (non-hydrogen) atoms. The fourth-order valence-corrected chi connectivity index (χ4v) is 6.16. The van der Waals surface area contributed by atoms with Gasteiger partial charge < -0.3 is 0 Å². The lowest BCUT2D eigenvalue weighted by molar-refractivity contribution is 1.80. The van der Waals surface area contributed by atoms with Gasteiger partial charge in [-0.25, -0.2) is 0 Å². The zero-order chi connectivity index (χ0) is 30.4. The van der Waals surface area contributed by atoms with E-state index in [0.717, 1.165) is 0 Å². The molecule has 0 saturated carbocycles. The number of hydrogen-bond acceptors (Lipinski definition) is 0. The first-order valence-electron chi connectivity index (χ1n) is 12.3. The van der Waals surface area contributed by atoms with Crippen molar-refractivity contribution < 1.29 is 0 Å². The van der Waals surface area contributed by atoms with E-state index in [1.54, 1.807) is 0 Å². The van der Waals surface area contributed by atoms with Crippen LogP contribution in [0.4, 0.5) is 0 Å². The third kappa shape index (κ3) is 10.8. The van der Waals surface area contributed by atoms with Gasteiger partial charge in [-0.2, -0.15) is 0 Å². The standard InChI is InChI=1S/CHB37/c2-25(3)22(26(4)5)1(23(35(27(6)7)28(8)9)36(29(10)11)30(12)13)24(37(31(14)15)32(16)17)38(33(18)19)34(20)21/h1H. The molecule has 0 aromatic heterocycles. The molecular weight excluding hydrogens is 412 g/mol. The lowest BCUT2D eigenvalue weighted by atomic mass is 8.39. The second-order valence-electron chi connectivity index (χ2n) is 10.4. The van der Waals surface area contributed by atoms with Crippen LogP contribution < -0.4 is 0 Å². The summed E-state index contributed by atoms with van der Waals surface area (Å²) in [7, 11) is 124. The molecule has 0 nitrogen and oxygen atoms in total. The molecule has 0 bridgehead atoms. The van der Waals surface area contributed by atoms with Crippen LogP contribution in [0.2, 0.25) is 5.62 Å². The molecular formula is CHB37. The maximum Gasteiger partial charge on any atom is 0.0294 e. The van der Waals surface area contributed by atoms with Gasteiger partial charge in [-0.15, -0.1) is 5.62 Å². The molecule has 0 amide bonds. The van der Waals surface area contributed by atoms with Crippen molar-refractivity contribution >= 4 is 264 Å². The van der Waals surface area contributed by atoms with E-state index in [9.17, 15) is 0 Å². The molecule has 37 heteroatoms. The third-order valence-corrected chi connectivity index (χ3v) is 7.56. The van der Waals surface area contributed by atoms with Crippen LogP contribution in [0, 0.1) is 0 Å². The molecule has 0 saturated heterocycles. The summed E-state index contributed by atoms with van der Waals surface area (Å²) >= 11 is 0. The second-order valence-corrected chi connectivity index (χ2v) is 10.4. The van der Waals surface area contributed by atoms with Crippen LogP contribution in [0.15, 0.2) is 0 Å².